The average Bonchev–Trinajstić information content (AvgIpc) is 1.85. The Bertz CT molecular complexity index is 248. The third-order valence-electron chi connectivity index (χ3n) is 1.23. The summed E-state index contributed by atoms with van der Waals surface area (Å²) in [5, 5.41) is 4.67. The number of carbonyl (C=O) groups is 2. The van der Waals surface area contributed by atoms with Crippen molar-refractivity contribution in [2.45, 2.75) is 6.92 Å². The van der Waals surface area contributed by atoms with Crippen LogP contribution in [0.15, 0.2) is 11.6 Å². The van der Waals surface area contributed by atoms with E-state index < -0.39 is 11.8 Å². The minimum absolute atomic E-state index is 0.0607. The van der Waals surface area contributed by atoms with Gasteiger partial charge in [-0.3, -0.25) is 20.2 Å². The zero-order valence-corrected chi connectivity index (χ0v) is 6.62. The number of carbonyl (C=O) groups excluding carboxylic acids is 2. The molecule has 2 amide bonds. The van der Waals surface area contributed by atoms with Crippen LogP contribution in [-0.4, -0.2) is 16.9 Å². The molecule has 0 aromatic rings. The Labute approximate surface area is 68.7 Å². The molecule has 58 valence electrons. The maximum atomic E-state index is 10.9. The summed E-state index contributed by atoms with van der Waals surface area (Å²) >= 11 is 4.57. The molecule has 0 aliphatic carbocycles. The van der Waals surface area contributed by atoms with Gasteiger partial charge in [-0.2, -0.15) is 0 Å². The van der Waals surface area contributed by atoms with Crippen molar-refractivity contribution in [3.8, 4) is 0 Å². The Morgan fingerprint density at radius 1 is 1.27 bits per heavy atom. The fourth-order valence-electron chi connectivity index (χ4n) is 0.737. The molecule has 1 saturated heterocycles. The number of amides is 2. The minimum atomic E-state index is -0.443. The van der Waals surface area contributed by atoms with E-state index in [1.165, 1.54) is 6.08 Å². The van der Waals surface area contributed by atoms with Crippen LogP contribution in [0.3, 0.4) is 0 Å². The average molecular weight is 170 g/mol. The van der Waals surface area contributed by atoms with Gasteiger partial charge in [0.1, 0.15) is 5.57 Å². The van der Waals surface area contributed by atoms with Crippen LogP contribution in [0.25, 0.3) is 0 Å². The molecule has 1 heterocycles. The van der Waals surface area contributed by atoms with Crippen molar-refractivity contribution < 1.29 is 9.59 Å². The van der Waals surface area contributed by atoms with Crippen molar-refractivity contribution in [2.75, 3.05) is 0 Å². The predicted octanol–water partition coefficient (Wildman–Crippen LogP) is -0.536. The molecule has 1 aliphatic rings. The first-order valence-corrected chi connectivity index (χ1v) is 3.39. The Hall–Kier alpha value is -1.23. The number of hydrogen-bond donors (Lipinski definition) is 2. The van der Waals surface area contributed by atoms with Gasteiger partial charge < -0.3 is 0 Å². The summed E-state index contributed by atoms with van der Waals surface area (Å²) in [5.41, 5.74) is 0.0959. The van der Waals surface area contributed by atoms with Gasteiger partial charge in [-0.1, -0.05) is 6.08 Å². The fourth-order valence-corrected chi connectivity index (χ4v) is 0.923. The van der Waals surface area contributed by atoms with Crippen LogP contribution in [0.4, 0.5) is 0 Å². The molecule has 0 unspecified atom stereocenters. The van der Waals surface area contributed by atoms with Crippen LogP contribution < -0.4 is 10.6 Å². The molecule has 0 radical (unpaired) electrons. The topological polar surface area (TPSA) is 58.2 Å². The van der Waals surface area contributed by atoms with Crippen molar-refractivity contribution in [1.29, 1.82) is 0 Å². The first-order chi connectivity index (χ1) is 5.15. The number of hydrogen-bond acceptors (Lipinski definition) is 3. The smallest absolute Gasteiger partial charge is 0.262 e. The molecule has 1 fully saturated rings. The van der Waals surface area contributed by atoms with Crippen LogP contribution in [0.5, 0.6) is 0 Å². The van der Waals surface area contributed by atoms with Gasteiger partial charge in [-0.15, -0.1) is 0 Å². The van der Waals surface area contributed by atoms with E-state index in [1.807, 2.05) is 0 Å². The molecule has 5 heteroatoms. The highest BCUT2D eigenvalue weighted by molar-refractivity contribution is 7.80. The van der Waals surface area contributed by atoms with E-state index in [0.717, 1.165) is 0 Å². The van der Waals surface area contributed by atoms with E-state index in [9.17, 15) is 9.59 Å². The SMILES string of the molecule is CC=C1C(=O)NC(=S)NC1=O. The molecular weight excluding hydrogens is 164 g/mol. The molecule has 0 aromatic carbocycles. The Balaban J connectivity index is 2.93. The van der Waals surface area contributed by atoms with Crippen molar-refractivity contribution >= 4 is 29.1 Å². The lowest BCUT2D eigenvalue weighted by Crippen LogP contribution is -2.51. The van der Waals surface area contributed by atoms with Gasteiger partial charge in [-0.25, -0.2) is 0 Å². The molecule has 11 heavy (non-hydrogen) atoms. The lowest BCUT2D eigenvalue weighted by atomic mass is 10.2. The molecule has 1 aliphatic heterocycles. The molecule has 1 rings (SSSR count). The highest BCUT2D eigenvalue weighted by Gasteiger charge is 2.24. The molecule has 4 nitrogen and oxygen atoms in total. The Morgan fingerprint density at radius 2 is 1.73 bits per heavy atom. The largest absolute Gasteiger partial charge is 0.299 e. The van der Waals surface area contributed by atoms with Gasteiger partial charge in [-0.05, 0) is 19.1 Å². The van der Waals surface area contributed by atoms with Gasteiger partial charge in [0.2, 0.25) is 0 Å². The summed E-state index contributed by atoms with van der Waals surface area (Å²) in [4.78, 5) is 21.8. The van der Waals surface area contributed by atoms with Gasteiger partial charge in [0, 0.05) is 0 Å². The van der Waals surface area contributed by atoms with Crippen LogP contribution in [0.1, 0.15) is 6.92 Å². The molecule has 0 spiro atoms. The minimum Gasteiger partial charge on any atom is -0.299 e. The van der Waals surface area contributed by atoms with E-state index in [4.69, 9.17) is 0 Å². The standard InChI is InChI=1S/C6H6N2O2S/c1-2-3-4(9)7-6(11)8-5(3)10/h2H,1H3,(H2,7,8,9,10,11). The highest BCUT2D eigenvalue weighted by Crippen LogP contribution is 1.98. The number of nitrogens with one attached hydrogen (secondary N) is 2. The maximum Gasteiger partial charge on any atom is 0.262 e. The first-order valence-electron chi connectivity index (χ1n) is 2.98. The third-order valence-corrected chi connectivity index (χ3v) is 1.44. The monoisotopic (exact) mass is 170 g/mol. The quantitative estimate of drug-likeness (QED) is 0.292. The first kappa shape index (κ1) is 7.87. The van der Waals surface area contributed by atoms with E-state index >= 15 is 0 Å². The zero-order valence-electron chi connectivity index (χ0n) is 5.80. The van der Waals surface area contributed by atoms with E-state index in [2.05, 4.69) is 22.9 Å². The maximum absolute atomic E-state index is 10.9. The fraction of sp³-hybridized carbons (Fsp3) is 0.167. The predicted molar refractivity (Wildman–Crippen MR) is 42.6 cm³/mol. The number of rotatable bonds is 0. The van der Waals surface area contributed by atoms with Gasteiger partial charge in [0.05, 0.1) is 0 Å². The normalized spacial score (nSPS) is 17.5. The van der Waals surface area contributed by atoms with Crippen molar-refractivity contribution in [1.82, 2.24) is 10.6 Å². The molecule has 0 atom stereocenters. The van der Waals surface area contributed by atoms with Crippen molar-refractivity contribution in [2.24, 2.45) is 0 Å². The van der Waals surface area contributed by atoms with E-state index in [1.54, 1.807) is 6.92 Å². The lowest BCUT2D eigenvalue weighted by molar-refractivity contribution is -0.123. The van der Waals surface area contributed by atoms with Crippen LogP contribution >= 0.6 is 12.2 Å². The van der Waals surface area contributed by atoms with Crippen LogP contribution in [0, 0.1) is 0 Å². The van der Waals surface area contributed by atoms with Crippen molar-refractivity contribution in [3.05, 3.63) is 11.6 Å². The van der Waals surface area contributed by atoms with Crippen molar-refractivity contribution in [3.63, 3.8) is 0 Å². The van der Waals surface area contributed by atoms with Gasteiger partial charge in [0.25, 0.3) is 11.8 Å². The molecule has 0 saturated carbocycles. The molecular formula is C6H6N2O2S. The van der Waals surface area contributed by atoms with Gasteiger partial charge in [0.15, 0.2) is 5.11 Å². The zero-order chi connectivity index (χ0) is 8.43. The summed E-state index contributed by atoms with van der Waals surface area (Å²) in [6.45, 7) is 1.61. The summed E-state index contributed by atoms with van der Waals surface area (Å²) in [6.07, 6.45) is 1.44. The third kappa shape index (κ3) is 1.43. The number of allylic oxidation sites excluding steroid dienone is 1. The molecule has 0 aromatic heterocycles. The van der Waals surface area contributed by atoms with Crippen LogP contribution in [-0.2, 0) is 9.59 Å². The second-order valence-electron chi connectivity index (χ2n) is 1.94. The van der Waals surface area contributed by atoms with Gasteiger partial charge >= 0.3 is 0 Å². The second-order valence-corrected chi connectivity index (χ2v) is 2.35. The van der Waals surface area contributed by atoms with E-state index in [0.29, 0.717) is 0 Å². The summed E-state index contributed by atoms with van der Waals surface area (Å²) < 4.78 is 0. The lowest BCUT2D eigenvalue weighted by Gasteiger charge is -2.15. The Kier molecular flexibility index (Phi) is 2.00. The number of thiocarbonyl (C=S) groups is 1. The highest BCUT2D eigenvalue weighted by atomic mass is 32.1. The summed E-state index contributed by atoms with van der Waals surface area (Å²) in [6, 6.07) is 0. The summed E-state index contributed by atoms with van der Waals surface area (Å²) in [7, 11) is 0. The summed E-state index contributed by atoms with van der Waals surface area (Å²) in [5.74, 6) is -0.887. The van der Waals surface area contributed by atoms with Crippen LogP contribution in [0.2, 0.25) is 0 Å². The van der Waals surface area contributed by atoms with E-state index in [-0.39, 0.29) is 10.7 Å². The molecule has 0 bridgehead atoms. The second kappa shape index (κ2) is 2.79. The Morgan fingerprint density at radius 3 is 2.09 bits per heavy atom. The molecule has 2 N–H and O–H groups in total.